The Morgan fingerprint density at radius 1 is 1.11 bits per heavy atom. The Labute approximate surface area is 113 Å². The van der Waals surface area contributed by atoms with Crippen LogP contribution in [-0.2, 0) is 17.9 Å². The highest BCUT2D eigenvalue weighted by Crippen LogP contribution is 2.12. The zero-order valence-corrected chi connectivity index (χ0v) is 11.1. The van der Waals surface area contributed by atoms with Crippen LogP contribution in [0.25, 0.3) is 0 Å². The second-order valence-corrected chi connectivity index (χ2v) is 4.15. The number of rotatable bonds is 8. The lowest BCUT2D eigenvalue weighted by Crippen LogP contribution is -2.07. The molecule has 0 bridgehead atoms. The molecule has 0 radical (unpaired) electrons. The van der Waals surface area contributed by atoms with E-state index in [2.05, 4.69) is 17.4 Å². The first-order valence-electron chi connectivity index (χ1n) is 6.35. The first-order valence-corrected chi connectivity index (χ1v) is 6.35. The summed E-state index contributed by atoms with van der Waals surface area (Å²) < 4.78 is 16.2. The zero-order valence-electron chi connectivity index (χ0n) is 11.1. The largest absolute Gasteiger partial charge is 0.491 e. The number of benzene rings is 1. The molecule has 19 heavy (non-hydrogen) atoms. The predicted molar refractivity (Wildman–Crippen MR) is 73.1 cm³/mol. The standard InChI is InChI=1S/C15H19NO3/c1-16-11-13-4-6-14(7-5-13)19-10-9-17-12-15-3-2-8-18-15/h2-8,16H,9-12H2,1H3. The van der Waals surface area contributed by atoms with Gasteiger partial charge in [-0.05, 0) is 36.9 Å². The van der Waals surface area contributed by atoms with Gasteiger partial charge >= 0.3 is 0 Å². The quantitative estimate of drug-likeness (QED) is 0.742. The lowest BCUT2D eigenvalue weighted by Gasteiger charge is -2.07. The van der Waals surface area contributed by atoms with Gasteiger partial charge in [0.25, 0.3) is 0 Å². The van der Waals surface area contributed by atoms with Crippen molar-refractivity contribution in [3.63, 3.8) is 0 Å². The van der Waals surface area contributed by atoms with Gasteiger partial charge in [-0.25, -0.2) is 0 Å². The fourth-order valence-electron chi connectivity index (χ4n) is 1.69. The summed E-state index contributed by atoms with van der Waals surface area (Å²) in [5, 5.41) is 3.11. The molecule has 2 aromatic rings. The van der Waals surface area contributed by atoms with E-state index in [1.165, 1.54) is 5.56 Å². The zero-order chi connectivity index (χ0) is 13.3. The van der Waals surface area contributed by atoms with Crippen LogP contribution in [0.1, 0.15) is 11.3 Å². The molecule has 1 aromatic carbocycles. The summed E-state index contributed by atoms with van der Waals surface area (Å²) >= 11 is 0. The van der Waals surface area contributed by atoms with Crippen LogP contribution < -0.4 is 10.1 Å². The Morgan fingerprint density at radius 3 is 2.63 bits per heavy atom. The summed E-state index contributed by atoms with van der Waals surface area (Å²) in [6.45, 7) is 2.43. The lowest BCUT2D eigenvalue weighted by molar-refractivity contribution is 0.0781. The smallest absolute Gasteiger partial charge is 0.129 e. The van der Waals surface area contributed by atoms with Gasteiger partial charge in [-0.2, -0.15) is 0 Å². The van der Waals surface area contributed by atoms with Crippen molar-refractivity contribution in [2.75, 3.05) is 20.3 Å². The van der Waals surface area contributed by atoms with E-state index in [-0.39, 0.29) is 0 Å². The van der Waals surface area contributed by atoms with Gasteiger partial charge in [-0.15, -0.1) is 0 Å². The third-order valence-corrected chi connectivity index (χ3v) is 2.63. The van der Waals surface area contributed by atoms with Crippen molar-refractivity contribution in [1.29, 1.82) is 0 Å². The van der Waals surface area contributed by atoms with Crippen molar-refractivity contribution in [2.24, 2.45) is 0 Å². The molecule has 0 atom stereocenters. The van der Waals surface area contributed by atoms with E-state index in [9.17, 15) is 0 Å². The van der Waals surface area contributed by atoms with Crippen molar-refractivity contribution in [2.45, 2.75) is 13.2 Å². The van der Waals surface area contributed by atoms with Crippen molar-refractivity contribution in [3.8, 4) is 5.75 Å². The van der Waals surface area contributed by atoms with E-state index >= 15 is 0 Å². The second kappa shape index (κ2) is 7.61. The van der Waals surface area contributed by atoms with Gasteiger partial charge in [0.05, 0.1) is 12.9 Å². The molecular weight excluding hydrogens is 242 g/mol. The molecule has 0 aliphatic rings. The summed E-state index contributed by atoms with van der Waals surface area (Å²) in [6, 6.07) is 11.8. The van der Waals surface area contributed by atoms with Gasteiger partial charge in [0.1, 0.15) is 24.7 Å². The molecule has 102 valence electrons. The monoisotopic (exact) mass is 261 g/mol. The highest BCUT2D eigenvalue weighted by atomic mass is 16.5. The fraction of sp³-hybridized carbons (Fsp3) is 0.333. The van der Waals surface area contributed by atoms with Gasteiger partial charge in [-0.1, -0.05) is 12.1 Å². The molecule has 1 N–H and O–H groups in total. The van der Waals surface area contributed by atoms with E-state index in [0.717, 1.165) is 18.1 Å². The summed E-state index contributed by atoms with van der Waals surface area (Å²) in [7, 11) is 1.93. The normalized spacial score (nSPS) is 10.6. The summed E-state index contributed by atoms with van der Waals surface area (Å²) in [6.07, 6.45) is 1.64. The maximum Gasteiger partial charge on any atom is 0.129 e. The van der Waals surface area contributed by atoms with Crippen LogP contribution in [0.15, 0.2) is 47.1 Å². The van der Waals surface area contributed by atoms with Gasteiger partial charge < -0.3 is 19.2 Å². The molecule has 0 amide bonds. The topological polar surface area (TPSA) is 43.6 Å². The van der Waals surface area contributed by atoms with E-state index in [1.807, 2.05) is 31.3 Å². The van der Waals surface area contributed by atoms with Crippen LogP contribution in [0.3, 0.4) is 0 Å². The van der Waals surface area contributed by atoms with Crippen LogP contribution >= 0.6 is 0 Å². The summed E-state index contributed by atoms with van der Waals surface area (Å²) in [5.41, 5.74) is 1.24. The number of nitrogens with one attached hydrogen (secondary N) is 1. The highest BCUT2D eigenvalue weighted by Gasteiger charge is 1.97. The van der Waals surface area contributed by atoms with Gasteiger partial charge in [0, 0.05) is 6.54 Å². The Bertz CT molecular complexity index is 451. The van der Waals surface area contributed by atoms with Crippen molar-refractivity contribution < 1.29 is 13.9 Å². The predicted octanol–water partition coefficient (Wildman–Crippen LogP) is 2.59. The Kier molecular flexibility index (Phi) is 5.47. The minimum Gasteiger partial charge on any atom is -0.491 e. The van der Waals surface area contributed by atoms with Crippen LogP contribution in [0.4, 0.5) is 0 Å². The highest BCUT2D eigenvalue weighted by molar-refractivity contribution is 5.27. The maximum absolute atomic E-state index is 5.58. The van der Waals surface area contributed by atoms with E-state index in [0.29, 0.717) is 19.8 Å². The van der Waals surface area contributed by atoms with Crippen molar-refractivity contribution in [1.82, 2.24) is 5.32 Å². The average Bonchev–Trinajstić information content (AvgIpc) is 2.94. The molecule has 0 aliphatic heterocycles. The van der Waals surface area contributed by atoms with Crippen molar-refractivity contribution >= 4 is 0 Å². The molecule has 0 fully saturated rings. The number of furan rings is 1. The number of hydrogen-bond acceptors (Lipinski definition) is 4. The Morgan fingerprint density at radius 2 is 1.95 bits per heavy atom. The molecule has 1 heterocycles. The average molecular weight is 261 g/mol. The molecule has 1 aromatic heterocycles. The maximum atomic E-state index is 5.58. The minimum atomic E-state index is 0.484. The first kappa shape index (κ1) is 13.6. The third kappa shape index (κ3) is 4.77. The van der Waals surface area contributed by atoms with Gasteiger partial charge in [0.2, 0.25) is 0 Å². The molecule has 4 heteroatoms. The minimum absolute atomic E-state index is 0.484. The molecule has 0 saturated heterocycles. The fourth-order valence-corrected chi connectivity index (χ4v) is 1.69. The third-order valence-electron chi connectivity index (χ3n) is 2.63. The molecule has 4 nitrogen and oxygen atoms in total. The van der Waals surface area contributed by atoms with Crippen LogP contribution in [0.2, 0.25) is 0 Å². The lowest BCUT2D eigenvalue weighted by atomic mass is 10.2. The molecule has 0 unspecified atom stereocenters. The van der Waals surface area contributed by atoms with E-state index < -0.39 is 0 Å². The Hall–Kier alpha value is -1.78. The van der Waals surface area contributed by atoms with E-state index in [4.69, 9.17) is 13.9 Å². The Balaban J connectivity index is 1.62. The van der Waals surface area contributed by atoms with Crippen molar-refractivity contribution in [3.05, 3.63) is 54.0 Å². The summed E-state index contributed by atoms with van der Waals surface area (Å²) in [4.78, 5) is 0. The second-order valence-electron chi connectivity index (χ2n) is 4.15. The number of ether oxygens (including phenoxy) is 2. The molecule has 0 aliphatic carbocycles. The first-order chi connectivity index (χ1) is 9.38. The van der Waals surface area contributed by atoms with Gasteiger partial charge in [0.15, 0.2) is 0 Å². The van der Waals surface area contributed by atoms with Crippen LogP contribution in [0.5, 0.6) is 5.75 Å². The number of hydrogen-bond donors (Lipinski definition) is 1. The molecular formula is C15H19NO3. The van der Waals surface area contributed by atoms with Crippen LogP contribution in [-0.4, -0.2) is 20.3 Å². The summed E-state index contributed by atoms with van der Waals surface area (Å²) in [5.74, 6) is 1.69. The SMILES string of the molecule is CNCc1ccc(OCCOCc2ccco2)cc1. The van der Waals surface area contributed by atoms with Gasteiger partial charge in [-0.3, -0.25) is 0 Å². The molecule has 0 spiro atoms. The molecule has 0 saturated carbocycles. The van der Waals surface area contributed by atoms with E-state index in [1.54, 1.807) is 6.26 Å². The van der Waals surface area contributed by atoms with Crippen LogP contribution in [0, 0.1) is 0 Å². The molecule has 2 rings (SSSR count).